The Balaban J connectivity index is 1.76. The molecule has 0 saturated carbocycles. The van der Waals surface area contributed by atoms with E-state index in [1.165, 1.54) is 0 Å². The number of hydrogen-bond donors (Lipinski definition) is 1. The monoisotopic (exact) mass is 255 g/mol. The lowest BCUT2D eigenvalue weighted by molar-refractivity contribution is -0.116. The van der Waals surface area contributed by atoms with E-state index in [1.807, 2.05) is 31.3 Å². The van der Waals surface area contributed by atoms with Crippen molar-refractivity contribution >= 4 is 11.6 Å². The zero-order chi connectivity index (χ0) is 13.5. The van der Waals surface area contributed by atoms with Crippen molar-refractivity contribution in [2.24, 2.45) is 0 Å². The fourth-order valence-corrected chi connectivity index (χ4v) is 1.85. The van der Waals surface area contributed by atoms with Gasteiger partial charge < -0.3 is 5.32 Å². The van der Waals surface area contributed by atoms with Crippen molar-refractivity contribution in [3.05, 3.63) is 54.1 Å². The number of nitrogens with one attached hydrogen (secondary N) is 1. The number of carbonyl (C=O) groups excluding carboxylic acids is 1. The van der Waals surface area contributed by atoms with Crippen LogP contribution in [-0.2, 0) is 11.2 Å². The summed E-state index contributed by atoms with van der Waals surface area (Å²) >= 11 is 0. The Morgan fingerprint density at radius 3 is 2.95 bits per heavy atom. The van der Waals surface area contributed by atoms with E-state index >= 15 is 0 Å². The van der Waals surface area contributed by atoms with E-state index in [1.54, 1.807) is 18.5 Å². The molecule has 0 aliphatic rings. The molecule has 2 heterocycles. The number of nitrogens with zero attached hydrogens (tertiary/aromatic N) is 2. The molecule has 4 heteroatoms. The van der Waals surface area contributed by atoms with Crippen LogP contribution in [0, 0.1) is 6.92 Å². The zero-order valence-electron chi connectivity index (χ0n) is 11.0. The van der Waals surface area contributed by atoms with Gasteiger partial charge in [-0.05, 0) is 43.5 Å². The summed E-state index contributed by atoms with van der Waals surface area (Å²) in [7, 11) is 0. The quantitative estimate of drug-likeness (QED) is 0.893. The zero-order valence-corrected chi connectivity index (χ0v) is 11.0. The predicted molar refractivity (Wildman–Crippen MR) is 74.8 cm³/mol. The molecule has 2 rings (SSSR count). The Morgan fingerprint density at radius 1 is 1.32 bits per heavy atom. The number of aromatic nitrogens is 2. The van der Waals surface area contributed by atoms with E-state index in [-0.39, 0.29) is 5.91 Å². The molecule has 1 amide bonds. The molecule has 0 aromatic carbocycles. The van der Waals surface area contributed by atoms with E-state index in [0.717, 1.165) is 29.8 Å². The molecule has 0 fully saturated rings. The van der Waals surface area contributed by atoms with Gasteiger partial charge in [0.05, 0.1) is 0 Å². The van der Waals surface area contributed by atoms with E-state index in [2.05, 4.69) is 15.3 Å². The highest BCUT2D eigenvalue weighted by Crippen LogP contribution is 2.09. The molecular formula is C15H17N3O. The van der Waals surface area contributed by atoms with Crippen LogP contribution in [0.4, 0.5) is 5.69 Å². The first-order chi connectivity index (χ1) is 9.24. The van der Waals surface area contributed by atoms with Gasteiger partial charge in [-0.15, -0.1) is 0 Å². The standard InChI is InChI=1S/C15H17N3O/c1-12-10-14(7-9-17-12)18-15(19)6-2-4-13-5-3-8-16-11-13/h3,5,7-11H,2,4,6H2,1H3,(H,17,18,19). The van der Waals surface area contributed by atoms with Crippen LogP contribution in [0.2, 0.25) is 0 Å². The van der Waals surface area contributed by atoms with E-state index < -0.39 is 0 Å². The van der Waals surface area contributed by atoms with Crippen LogP contribution in [0.1, 0.15) is 24.1 Å². The average molecular weight is 255 g/mol. The van der Waals surface area contributed by atoms with Gasteiger partial charge in [-0.25, -0.2) is 0 Å². The molecule has 0 atom stereocenters. The van der Waals surface area contributed by atoms with Gasteiger partial charge in [0.1, 0.15) is 0 Å². The number of aryl methyl sites for hydroxylation is 2. The number of hydrogen-bond acceptors (Lipinski definition) is 3. The van der Waals surface area contributed by atoms with Gasteiger partial charge in [0, 0.05) is 36.4 Å². The van der Waals surface area contributed by atoms with Crippen molar-refractivity contribution in [3.8, 4) is 0 Å². The summed E-state index contributed by atoms with van der Waals surface area (Å²) in [6.07, 6.45) is 7.49. The molecule has 0 spiro atoms. The van der Waals surface area contributed by atoms with Gasteiger partial charge in [-0.1, -0.05) is 6.07 Å². The highest BCUT2D eigenvalue weighted by Gasteiger charge is 2.03. The van der Waals surface area contributed by atoms with Crippen LogP contribution >= 0.6 is 0 Å². The van der Waals surface area contributed by atoms with E-state index in [4.69, 9.17) is 0 Å². The topological polar surface area (TPSA) is 54.9 Å². The number of rotatable bonds is 5. The molecule has 0 unspecified atom stereocenters. The molecule has 1 N–H and O–H groups in total. The molecule has 2 aromatic heterocycles. The molecule has 0 aliphatic carbocycles. The highest BCUT2D eigenvalue weighted by molar-refractivity contribution is 5.90. The minimum Gasteiger partial charge on any atom is -0.326 e. The molecule has 0 saturated heterocycles. The lowest BCUT2D eigenvalue weighted by atomic mass is 10.1. The largest absolute Gasteiger partial charge is 0.326 e. The third kappa shape index (κ3) is 4.50. The number of anilines is 1. The highest BCUT2D eigenvalue weighted by atomic mass is 16.1. The molecule has 0 bridgehead atoms. The summed E-state index contributed by atoms with van der Waals surface area (Å²) in [5.74, 6) is 0.0366. The summed E-state index contributed by atoms with van der Waals surface area (Å²) < 4.78 is 0. The lowest BCUT2D eigenvalue weighted by Gasteiger charge is -2.05. The Kier molecular flexibility index (Phi) is 4.61. The first-order valence-corrected chi connectivity index (χ1v) is 6.35. The van der Waals surface area contributed by atoms with Gasteiger partial charge in [-0.2, -0.15) is 0 Å². The van der Waals surface area contributed by atoms with Crippen LogP contribution in [-0.4, -0.2) is 15.9 Å². The predicted octanol–water partition coefficient (Wildman–Crippen LogP) is 2.75. The lowest BCUT2D eigenvalue weighted by Crippen LogP contribution is -2.11. The van der Waals surface area contributed by atoms with Gasteiger partial charge in [0.25, 0.3) is 0 Å². The maximum atomic E-state index is 11.8. The summed E-state index contributed by atoms with van der Waals surface area (Å²) in [6, 6.07) is 7.59. The number of pyridine rings is 2. The normalized spacial score (nSPS) is 10.2. The van der Waals surface area contributed by atoms with Gasteiger partial charge >= 0.3 is 0 Å². The Hall–Kier alpha value is -2.23. The molecule has 0 radical (unpaired) electrons. The van der Waals surface area contributed by atoms with Gasteiger partial charge in [-0.3, -0.25) is 14.8 Å². The average Bonchev–Trinajstić information content (AvgIpc) is 2.40. The second kappa shape index (κ2) is 6.64. The summed E-state index contributed by atoms with van der Waals surface area (Å²) in [4.78, 5) is 19.9. The minimum absolute atomic E-state index is 0.0366. The first kappa shape index (κ1) is 13.2. The van der Waals surface area contributed by atoms with E-state index in [9.17, 15) is 4.79 Å². The summed E-state index contributed by atoms with van der Waals surface area (Å²) in [5.41, 5.74) is 2.86. The Bertz CT molecular complexity index is 540. The molecule has 0 aliphatic heterocycles. The minimum atomic E-state index is 0.0366. The van der Waals surface area contributed by atoms with Crippen LogP contribution in [0.25, 0.3) is 0 Å². The van der Waals surface area contributed by atoms with Crippen molar-refractivity contribution in [2.75, 3.05) is 5.32 Å². The second-order valence-electron chi connectivity index (χ2n) is 4.45. The molecule has 19 heavy (non-hydrogen) atoms. The third-order valence-electron chi connectivity index (χ3n) is 2.77. The van der Waals surface area contributed by atoms with Crippen molar-refractivity contribution in [1.82, 2.24) is 9.97 Å². The second-order valence-corrected chi connectivity index (χ2v) is 4.45. The van der Waals surface area contributed by atoms with Gasteiger partial charge in [0.15, 0.2) is 0 Å². The van der Waals surface area contributed by atoms with Crippen molar-refractivity contribution in [2.45, 2.75) is 26.2 Å². The van der Waals surface area contributed by atoms with Crippen LogP contribution in [0.5, 0.6) is 0 Å². The van der Waals surface area contributed by atoms with Crippen molar-refractivity contribution in [1.29, 1.82) is 0 Å². The number of amides is 1. The van der Waals surface area contributed by atoms with Crippen LogP contribution in [0.3, 0.4) is 0 Å². The van der Waals surface area contributed by atoms with Crippen LogP contribution < -0.4 is 5.32 Å². The summed E-state index contributed by atoms with van der Waals surface area (Å²) in [5, 5.41) is 2.87. The fraction of sp³-hybridized carbons (Fsp3) is 0.267. The van der Waals surface area contributed by atoms with Crippen molar-refractivity contribution in [3.63, 3.8) is 0 Å². The van der Waals surface area contributed by atoms with Crippen LogP contribution in [0.15, 0.2) is 42.9 Å². The Labute approximate surface area is 112 Å². The number of carbonyl (C=O) groups is 1. The first-order valence-electron chi connectivity index (χ1n) is 6.35. The maximum absolute atomic E-state index is 11.8. The molecule has 4 nitrogen and oxygen atoms in total. The molecule has 2 aromatic rings. The van der Waals surface area contributed by atoms with Crippen molar-refractivity contribution < 1.29 is 4.79 Å². The maximum Gasteiger partial charge on any atom is 0.224 e. The molecular weight excluding hydrogens is 238 g/mol. The summed E-state index contributed by atoms with van der Waals surface area (Å²) in [6.45, 7) is 1.90. The smallest absolute Gasteiger partial charge is 0.224 e. The Morgan fingerprint density at radius 2 is 2.21 bits per heavy atom. The third-order valence-corrected chi connectivity index (χ3v) is 2.77. The van der Waals surface area contributed by atoms with Gasteiger partial charge in [0.2, 0.25) is 5.91 Å². The molecule has 98 valence electrons. The van der Waals surface area contributed by atoms with E-state index in [0.29, 0.717) is 6.42 Å². The SMILES string of the molecule is Cc1cc(NC(=O)CCCc2cccnc2)ccn1. The fourth-order valence-electron chi connectivity index (χ4n) is 1.85.